The molecule has 1 atom stereocenters. The predicted octanol–water partition coefficient (Wildman–Crippen LogP) is 3.70. The van der Waals surface area contributed by atoms with Gasteiger partial charge >= 0.3 is 0 Å². The standard InChI is InChI=1S/C27H37N3O4/c1-3-33-24-10-8-22(9-11-24)6-7-23-12-14-28(15-13-23)21(2)26(31)29-16-18-30(19-17-29)27(32)25-5-4-20-34-25/h4-5,8-11,20-21,23H,3,6-7,12-19H2,1-2H3. The number of amides is 2. The summed E-state index contributed by atoms with van der Waals surface area (Å²) in [5, 5.41) is 0. The van der Waals surface area contributed by atoms with E-state index in [2.05, 4.69) is 29.2 Å². The van der Waals surface area contributed by atoms with E-state index >= 15 is 0 Å². The number of nitrogens with zero attached hydrogens (tertiary/aromatic N) is 3. The zero-order valence-corrected chi connectivity index (χ0v) is 20.4. The number of piperidine rings is 1. The second-order valence-corrected chi connectivity index (χ2v) is 9.37. The summed E-state index contributed by atoms with van der Waals surface area (Å²) in [5.41, 5.74) is 1.36. The molecule has 2 saturated heterocycles. The molecule has 34 heavy (non-hydrogen) atoms. The molecule has 0 bridgehead atoms. The highest BCUT2D eigenvalue weighted by molar-refractivity contribution is 5.91. The van der Waals surface area contributed by atoms with E-state index in [9.17, 15) is 9.59 Å². The number of furan rings is 1. The molecule has 0 radical (unpaired) electrons. The largest absolute Gasteiger partial charge is 0.494 e. The first-order valence-corrected chi connectivity index (χ1v) is 12.6. The van der Waals surface area contributed by atoms with Gasteiger partial charge < -0.3 is 19.0 Å². The molecule has 2 fully saturated rings. The van der Waals surface area contributed by atoms with Gasteiger partial charge in [0.05, 0.1) is 18.9 Å². The fraction of sp³-hybridized carbons (Fsp3) is 0.556. The van der Waals surface area contributed by atoms with Crippen LogP contribution in [0.1, 0.15) is 49.2 Å². The lowest BCUT2D eigenvalue weighted by Gasteiger charge is -2.40. The Hall–Kier alpha value is -2.80. The molecule has 2 aliphatic heterocycles. The van der Waals surface area contributed by atoms with Crippen molar-refractivity contribution >= 4 is 11.8 Å². The second kappa shape index (κ2) is 11.6. The summed E-state index contributed by atoms with van der Waals surface area (Å²) in [6, 6.07) is 11.7. The third-order valence-corrected chi connectivity index (χ3v) is 7.24. The molecule has 0 saturated carbocycles. The van der Waals surface area contributed by atoms with Crippen molar-refractivity contribution in [2.45, 2.75) is 45.6 Å². The lowest BCUT2D eigenvalue weighted by molar-refractivity contribution is -0.138. The van der Waals surface area contributed by atoms with E-state index in [1.54, 1.807) is 17.0 Å². The molecule has 0 N–H and O–H groups in total. The summed E-state index contributed by atoms with van der Waals surface area (Å²) in [7, 11) is 0. The van der Waals surface area contributed by atoms with Crippen molar-refractivity contribution in [3.05, 3.63) is 54.0 Å². The normalized spacial score (nSPS) is 18.6. The number of rotatable bonds is 8. The van der Waals surface area contributed by atoms with Gasteiger partial charge in [0.15, 0.2) is 5.76 Å². The molecular weight excluding hydrogens is 430 g/mol. The van der Waals surface area contributed by atoms with Crippen LogP contribution in [-0.4, -0.2) is 78.4 Å². The fourth-order valence-corrected chi connectivity index (χ4v) is 5.03. The molecule has 1 unspecified atom stereocenters. The number of hydrogen-bond donors (Lipinski definition) is 0. The van der Waals surface area contributed by atoms with Crippen LogP contribution >= 0.6 is 0 Å². The molecule has 1 aromatic heterocycles. The van der Waals surface area contributed by atoms with Gasteiger partial charge in [-0.1, -0.05) is 12.1 Å². The Kier molecular flexibility index (Phi) is 8.27. The lowest BCUT2D eigenvalue weighted by atomic mass is 9.90. The number of likely N-dealkylation sites (tertiary alicyclic amines) is 1. The van der Waals surface area contributed by atoms with Crippen molar-refractivity contribution in [2.24, 2.45) is 5.92 Å². The average molecular weight is 468 g/mol. The minimum Gasteiger partial charge on any atom is -0.494 e. The van der Waals surface area contributed by atoms with Crippen LogP contribution in [-0.2, 0) is 11.2 Å². The van der Waals surface area contributed by atoms with E-state index in [0.717, 1.165) is 38.1 Å². The van der Waals surface area contributed by atoms with E-state index < -0.39 is 0 Å². The molecule has 0 aliphatic carbocycles. The summed E-state index contributed by atoms with van der Waals surface area (Å²) >= 11 is 0. The third-order valence-electron chi connectivity index (χ3n) is 7.24. The van der Waals surface area contributed by atoms with Gasteiger partial charge in [-0.3, -0.25) is 14.5 Å². The number of carbonyl (C=O) groups excluding carboxylic acids is 2. The molecule has 1 aromatic carbocycles. The van der Waals surface area contributed by atoms with Crippen LogP contribution < -0.4 is 4.74 Å². The molecule has 4 rings (SSSR count). The number of aryl methyl sites for hydroxylation is 1. The van der Waals surface area contributed by atoms with Crippen molar-refractivity contribution in [3.8, 4) is 5.75 Å². The van der Waals surface area contributed by atoms with E-state index in [-0.39, 0.29) is 17.9 Å². The van der Waals surface area contributed by atoms with Gasteiger partial charge in [-0.05, 0) is 88.4 Å². The molecule has 7 heteroatoms. The molecule has 2 aromatic rings. The topological polar surface area (TPSA) is 66.2 Å². The lowest BCUT2D eigenvalue weighted by Crippen LogP contribution is -2.56. The van der Waals surface area contributed by atoms with Gasteiger partial charge in [0.2, 0.25) is 5.91 Å². The van der Waals surface area contributed by atoms with Crippen molar-refractivity contribution in [1.82, 2.24) is 14.7 Å². The average Bonchev–Trinajstić information content (AvgIpc) is 3.43. The zero-order valence-electron chi connectivity index (χ0n) is 20.4. The Morgan fingerprint density at radius 1 is 1.00 bits per heavy atom. The van der Waals surface area contributed by atoms with Gasteiger partial charge in [0.1, 0.15) is 5.75 Å². The highest BCUT2D eigenvalue weighted by Gasteiger charge is 2.32. The summed E-state index contributed by atoms with van der Waals surface area (Å²) in [6.45, 7) is 8.92. The highest BCUT2D eigenvalue weighted by atomic mass is 16.5. The predicted molar refractivity (Wildman–Crippen MR) is 131 cm³/mol. The number of benzene rings is 1. The van der Waals surface area contributed by atoms with E-state index in [4.69, 9.17) is 9.15 Å². The number of hydrogen-bond acceptors (Lipinski definition) is 5. The van der Waals surface area contributed by atoms with Crippen LogP contribution in [0.25, 0.3) is 0 Å². The summed E-state index contributed by atoms with van der Waals surface area (Å²) in [5.74, 6) is 2.08. The maximum atomic E-state index is 13.1. The minimum atomic E-state index is -0.112. The Labute approximate surface area is 202 Å². The van der Waals surface area contributed by atoms with E-state index in [1.807, 2.05) is 18.7 Å². The van der Waals surface area contributed by atoms with E-state index in [1.165, 1.54) is 18.2 Å². The smallest absolute Gasteiger partial charge is 0.289 e. The van der Waals surface area contributed by atoms with Crippen LogP contribution in [0.2, 0.25) is 0 Å². The molecule has 184 valence electrons. The number of piperazine rings is 1. The van der Waals surface area contributed by atoms with Gasteiger partial charge in [0.25, 0.3) is 5.91 Å². The molecule has 0 spiro atoms. The zero-order chi connectivity index (χ0) is 23.9. The molecule has 7 nitrogen and oxygen atoms in total. The molecule has 3 heterocycles. The highest BCUT2D eigenvalue weighted by Crippen LogP contribution is 2.25. The Balaban J connectivity index is 1.18. The molecule has 2 amide bonds. The Morgan fingerprint density at radius 3 is 2.29 bits per heavy atom. The summed E-state index contributed by atoms with van der Waals surface area (Å²) < 4.78 is 10.7. The van der Waals surface area contributed by atoms with Gasteiger partial charge in [-0.25, -0.2) is 0 Å². The van der Waals surface area contributed by atoms with Gasteiger partial charge in [-0.2, -0.15) is 0 Å². The minimum absolute atomic E-state index is 0.0996. The first-order valence-electron chi connectivity index (χ1n) is 12.6. The maximum Gasteiger partial charge on any atom is 0.289 e. The van der Waals surface area contributed by atoms with Crippen molar-refractivity contribution in [1.29, 1.82) is 0 Å². The van der Waals surface area contributed by atoms with Crippen molar-refractivity contribution < 1.29 is 18.7 Å². The van der Waals surface area contributed by atoms with Crippen LogP contribution in [0, 0.1) is 5.92 Å². The van der Waals surface area contributed by atoms with Gasteiger partial charge in [-0.15, -0.1) is 0 Å². The fourth-order valence-electron chi connectivity index (χ4n) is 5.03. The van der Waals surface area contributed by atoms with Crippen LogP contribution in [0.5, 0.6) is 5.75 Å². The van der Waals surface area contributed by atoms with Crippen molar-refractivity contribution in [2.75, 3.05) is 45.9 Å². The third kappa shape index (κ3) is 6.00. The molecule has 2 aliphatic rings. The number of ether oxygens (including phenoxy) is 1. The summed E-state index contributed by atoms with van der Waals surface area (Å²) in [4.78, 5) is 31.6. The quantitative estimate of drug-likeness (QED) is 0.592. The number of carbonyl (C=O) groups is 2. The van der Waals surface area contributed by atoms with Gasteiger partial charge in [0, 0.05) is 26.2 Å². The van der Waals surface area contributed by atoms with Crippen LogP contribution in [0.3, 0.4) is 0 Å². The summed E-state index contributed by atoms with van der Waals surface area (Å²) in [6.07, 6.45) is 6.07. The van der Waals surface area contributed by atoms with E-state index in [0.29, 0.717) is 44.5 Å². The van der Waals surface area contributed by atoms with Crippen LogP contribution in [0.4, 0.5) is 0 Å². The monoisotopic (exact) mass is 467 g/mol. The maximum absolute atomic E-state index is 13.1. The Morgan fingerprint density at radius 2 is 1.68 bits per heavy atom. The molecular formula is C27H37N3O4. The Bertz CT molecular complexity index is 912. The second-order valence-electron chi connectivity index (χ2n) is 9.37. The van der Waals surface area contributed by atoms with Crippen LogP contribution in [0.15, 0.2) is 47.1 Å². The SMILES string of the molecule is CCOc1ccc(CCC2CCN(C(C)C(=O)N3CCN(C(=O)c4ccco4)CC3)CC2)cc1. The first-order chi connectivity index (χ1) is 16.5. The first kappa shape index (κ1) is 24.3. The van der Waals surface area contributed by atoms with Crippen molar-refractivity contribution in [3.63, 3.8) is 0 Å².